The van der Waals surface area contributed by atoms with Crippen molar-refractivity contribution in [1.29, 1.82) is 0 Å². The third kappa shape index (κ3) is 4.03. The largest absolute Gasteiger partial charge is 0.500 e. The molecule has 3 nitrogen and oxygen atoms in total. The monoisotopic (exact) mass is 222 g/mol. The van der Waals surface area contributed by atoms with Gasteiger partial charge in [0.2, 0.25) is 0 Å². The van der Waals surface area contributed by atoms with Crippen molar-refractivity contribution in [3.63, 3.8) is 0 Å². The summed E-state index contributed by atoms with van der Waals surface area (Å²) < 4.78 is 9.31. The Morgan fingerprint density at radius 2 is 2.00 bits per heavy atom. The van der Waals surface area contributed by atoms with Crippen LogP contribution in [0.5, 0.6) is 0 Å². The van der Waals surface area contributed by atoms with E-state index in [1.165, 1.54) is 20.3 Å². The molecular formula is C7H11BrO3. The Morgan fingerprint density at radius 3 is 2.27 bits per heavy atom. The third-order valence-corrected chi connectivity index (χ3v) is 1.54. The molecule has 0 aliphatic heterocycles. The lowest BCUT2D eigenvalue weighted by atomic mass is 10.3. The van der Waals surface area contributed by atoms with Gasteiger partial charge in [0.05, 0.1) is 25.1 Å². The molecule has 4 heteroatoms. The molecule has 0 spiro atoms. The van der Waals surface area contributed by atoms with Gasteiger partial charge >= 0.3 is 5.97 Å². The molecule has 0 aromatic carbocycles. The van der Waals surface area contributed by atoms with Crippen LogP contribution in [0.2, 0.25) is 0 Å². The highest BCUT2D eigenvalue weighted by atomic mass is 79.9. The summed E-state index contributed by atoms with van der Waals surface area (Å²) in [5, 5.41) is 0. The molecule has 0 rings (SSSR count). The molecule has 1 unspecified atom stereocenters. The molecule has 1 atom stereocenters. The highest BCUT2D eigenvalue weighted by Crippen LogP contribution is 2.11. The molecule has 0 radical (unpaired) electrons. The first-order chi connectivity index (χ1) is 5.11. The number of carbonyl (C=O) groups is 1. The zero-order valence-electron chi connectivity index (χ0n) is 6.76. The minimum Gasteiger partial charge on any atom is -0.500 e. The third-order valence-electron chi connectivity index (χ3n) is 1.09. The molecule has 0 aliphatic carbocycles. The van der Waals surface area contributed by atoms with Crippen molar-refractivity contribution in [1.82, 2.24) is 0 Å². The molecule has 0 aromatic heterocycles. The Kier molecular flexibility index (Phi) is 4.94. The molecule has 0 fully saturated rings. The van der Waals surface area contributed by atoms with Crippen molar-refractivity contribution in [2.24, 2.45) is 0 Å². The fourth-order valence-electron chi connectivity index (χ4n) is 0.511. The van der Waals surface area contributed by atoms with E-state index in [-0.39, 0.29) is 4.83 Å². The van der Waals surface area contributed by atoms with Gasteiger partial charge in [0.25, 0.3) is 0 Å². The predicted molar refractivity (Wildman–Crippen MR) is 45.5 cm³/mol. The van der Waals surface area contributed by atoms with Crippen LogP contribution >= 0.6 is 15.9 Å². The number of halogens is 1. The van der Waals surface area contributed by atoms with Gasteiger partial charge in [0.1, 0.15) is 5.76 Å². The summed E-state index contributed by atoms with van der Waals surface area (Å²) in [6.45, 7) is 1.86. The van der Waals surface area contributed by atoms with Crippen LogP contribution in [0.4, 0.5) is 0 Å². The maximum absolute atomic E-state index is 10.7. The zero-order chi connectivity index (χ0) is 8.85. The Labute approximate surface area is 74.5 Å². The Hall–Kier alpha value is -0.510. The first kappa shape index (κ1) is 10.5. The lowest BCUT2D eigenvalue weighted by molar-refractivity contribution is -0.135. The quantitative estimate of drug-likeness (QED) is 0.314. The number of alkyl halides is 1. The van der Waals surface area contributed by atoms with Gasteiger partial charge in [-0.1, -0.05) is 15.9 Å². The van der Waals surface area contributed by atoms with Crippen LogP contribution in [-0.4, -0.2) is 25.0 Å². The Balaban J connectivity index is 4.23. The zero-order valence-corrected chi connectivity index (χ0v) is 8.34. The maximum atomic E-state index is 10.7. The molecule has 0 N–H and O–H groups in total. The number of carbonyl (C=O) groups excluding carboxylic acids is 1. The fraction of sp³-hybridized carbons (Fsp3) is 0.571. The van der Waals surface area contributed by atoms with Gasteiger partial charge in [-0.3, -0.25) is 0 Å². The lowest BCUT2D eigenvalue weighted by Crippen LogP contribution is -2.04. The van der Waals surface area contributed by atoms with Crippen LogP contribution in [0.1, 0.15) is 6.92 Å². The summed E-state index contributed by atoms with van der Waals surface area (Å²) >= 11 is 3.26. The van der Waals surface area contributed by atoms with Crippen molar-refractivity contribution < 1.29 is 14.3 Å². The molecule has 0 amide bonds. The van der Waals surface area contributed by atoms with Crippen LogP contribution in [-0.2, 0) is 14.3 Å². The van der Waals surface area contributed by atoms with E-state index in [1.54, 1.807) is 0 Å². The summed E-state index contributed by atoms with van der Waals surface area (Å²) in [4.78, 5) is 10.7. The first-order valence-corrected chi connectivity index (χ1v) is 4.01. The van der Waals surface area contributed by atoms with Gasteiger partial charge in [-0.15, -0.1) is 0 Å². The normalized spacial score (nSPS) is 14.0. The predicted octanol–water partition coefficient (Wildman–Crippen LogP) is 1.47. The standard InChI is InChI=1S/C7H11BrO3/c1-5(8)6(10-2)4-7(9)11-3/h4-5H,1-3H3/b6-4+. The summed E-state index contributed by atoms with van der Waals surface area (Å²) in [6, 6.07) is 0. The van der Waals surface area contributed by atoms with Crippen LogP contribution in [0.25, 0.3) is 0 Å². The van der Waals surface area contributed by atoms with E-state index in [9.17, 15) is 4.79 Å². The van der Waals surface area contributed by atoms with E-state index >= 15 is 0 Å². The Morgan fingerprint density at radius 1 is 1.45 bits per heavy atom. The smallest absolute Gasteiger partial charge is 0.333 e. The summed E-state index contributed by atoms with van der Waals surface area (Å²) in [5.74, 6) is 0.144. The average Bonchev–Trinajstić information content (AvgIpc) is 1.99. The minimum atomic E-state index is -0.409. The van der Waals surface area contributed by atoms with E-state index in [4.69, 9.17) is 4.74 Å². The highest BCUT2D eigenvalue weighted by Gasteiger charge is 2.06. The second kappa shape index (κ2) is 5.18. The Bertz CT molecular complexity index is 163. The van der Waals surface area contributed by atoms with Crippen LogP contribution < -0.4 is 0 Å². The van der Waals surface area contributed by atoms with Crippen molar-refractivity contribution in [3.05, 3.63) is 11.8 Å². The van der Waals surface area contributed by atoms with E-state index in [0.717, 1.165) is 0 Å². The van der Waals surface area contributed by atoms with Crippen molar-refractivity contribution in [2.75, 3.05) is 14.2 Å². The molecular weight excluding hydrogens is 212 g/mol. The van der Waals surface area contributed by atoms with Crippen LogP contribution in [0.3, 0.4) is 0 Å². The van der Waals surface area contributed by atoms with E-state index in [2.05, 4.69) is 20.7 Å². The molecule has 11 heavy (non-hydrogen) atoms. The van der Waals surface area contributed by atoms with E-state index in [1.807, 2.05) is 6.92 Å². The molecule has 0 saturated carbocycles. The topological polar surface area (TPSA) is 35.5 Å². The molecule has 0 heterocycles. The number of hydrogen-bond acceptors (Lipinski definition) is 3. The summed E-state index contributed by atoms with van der Waals surface area (Å²) in [7, 11) is 2.83. The number of allylic oxidation sites excluding steroid dienone is 1. The van der Waals surface area contributed by atoms with Gasteiger partial charge in [0.15, 0.2) is 0 Å². The molecule has 0 aromatic rings. The fourth-order valence-corrected chi connectivity index (χ4v) is 0.830. The molecule has 0 aliphatic rings. The number of esters is 1. The second-order valence-corrected chi connectivity index (χ2v) is 3.26. The average molecular weight is 223 g/mol. The van der Waals surface area contributed by atoms with Gasteiger partial charge < -0.3 is 9.47 Å². The van der Waals surface area contributed by atoms with E-state index in [0.29, 0.717) is 5.76 Å². The summed E-state index contributed by atoms with van der Waals surface area (Å²) in [6.07, 6.45) is 1.30. The van der Waals surface area contributed by atoms with Crippen LogP contribution in [0, 0.1) is 0 Å². The minimum absolute atomic E-state index is 0.0200. The summed E-state index contributed by atoms with van der Waals surface area (Å²) in [5.41, 5.74) is 0. The first-order valence-electron chi connectivity index (χ1n) is 3.09. The molecule has 64 valence electrons. The van der Waals surface area contributed by atoms with Gasteiger partial charge in [0, 0.05) is 0 Å². The number of ether oxygens (including phenoxy) is 2. The molecule has 0 saturated heterocycles. The number of hydrogen-bond donors (Lipinski definition) is 0. The van der Waals surface area contributed by atoms with E-state index < -0.39 is 5.97 Å². The number of rotatable bonds is 3. The van der Waals surface area contributed by atoms with Crippen LogP contribution in [0.15, 0.2) is 11.8 Å². The van der Waals surface area contributed by atoms with Crippen molar-refractivity contribution in [3.8, 4) is 0 Å². The maximum Gasteiger partial charge on any atom is 0.333 e. The number of methoxy groups -OCH3 is 2. The van der Waals surface area contributed by atoms with Gasteiger partial charge in [-0.2, -0.15) is 0 Å². The van der Waals surface area contributed by atoms with Gasteiger partial charge in [-0.05, 0) is 6.92 Å². The van der Waals surface area contributed by atoms with Gasteiger partial charge in [-0.25, -0.2) is 4.79 Å². The van der Waals surface area contributed by atoms with Crippen molar-refractivity contribution >= 4 is 21.9 Å². The second-order valence-electron chi connectivity index (χ2n) is 1.89. The SMILES string of the molecule is COC(=O)/C=C(/OC)C(C)Br. The molecule has 0 bridgehead atoms. The highest BCUT2D eigenvalue weighted by molar-refractivity contribution is 9.09. The van der Waals surface area contributed by atoms with Crippen molar-refractivity contribution in [2.45, 2.75) is 11.8 Å². The lowest BCUT2D eigenvalue weighted by Gasteiger charge is -2.06.